The van der Waals surface area contributed by atoms with E-state index in [-0.39, 0.29) is 60.6 Å². The molecule has 20 heteroatoms. The fourth-order valence-corrected chi connectivity index (χ4v) is 22.7. The van der Waals surface area contributed by atoms with Crippen LogP contribution in [0.25, 0.3) is 0 Å². The van der Waals surface area contributed by atoms with Crippen molar-refractivity contribution in [2.45, 2.75) is 209 Å². The van der Waals surface area contributed by atoms with Gasteiger partial charge >= 0.3 is 234 Å². The van der Waals surface area contributed by atoms with E-state index in [9.17, 15) is 50.4 Å². The van der Waals surface area contributed by atoms with Gasteiger partial charge in [0.25, 0.3) is 0 Å². The average Bonchev–Trinajstić information content (AvgIpc) is 3.73. The summed E-state index contributed by atoms with van der Waals surface area (Å²) in [5.41, 5.74) is 0.411. The topological polar surface area (TPSA) is 292 Å². The van der Waals surface area contributed by atoms with E-state index >= 15 is 0 Å². The molecule has 0 bridgehead atoms. The van der Waals surface area contributed by atoms with Gasteiger partial charge < -0.3 is 59.4 Å². The van der Waals surface area contributed by atoms with Crippen LogP contribution < -0.4 is 5.32 Å². The van der Waals surface area contributed by atoms with Crippen LogP contribution in [-0.4, -0.2) is 187 Å². The van der Waals surface area contributed by atoms with E-state index in [2.05, 4.69) is 25.2 Å². The summed E-state index contributed by atoms with van der Waals surface area (Å²) in [6.07, 6.45) is -12.5. The predicted octanol–water partition coefficient (Wildman–Crippen LogP) is -0.603. The molecular formula is C45H68INO18. The number of ketones is 1. The van der Waals surface area contributed by atoms with Gasteiger partial charge in [-0.3, -0.25) is 0 Å². The summed E-state index contributed by atoms with van der Waals surface area (Å²) < 4.78 is 48.1. The number of carbonyl (C=O) groups excluding carboxylic acids is 2. The van der Waals surface area contributed by atoms with Crippen molar-refractivity contribution in [2.75, 3.05) is 19.8 Å². The van der Waals surface area contributed by atoms with Gasteiger partial charge in [-0.1, -0.05) is 0 Å². The number of halogens is 1. The van der Waals surface area contributed by atoms with Gasteiger partial charge in [0.05, 0.1) is 31.3 Å². The first-order valence-corrected chi connectivity index (χ1v) is 27.0. The zero-order chi connectivity index (χ0) is 46.1. The van der Waals surface area contributed by atoms with E-state index in [0.717, 1.165) is 25.7 Å². The van der Waals surface area contributed by atoms with Crippen molar-refractivity contribution in [1.29, 1.82) is 0 Å². The Labute approximate surface area is 385 Å². The van der Waals surface area contributed by atoms with E-state index in [1.54, 1.807) is 0 Å². The number of hydrogen-bond donors (Lipinski definition) is 9. The summed E-state index contributed by atoms with van der Waals surface area (Å²) in [7, 11) is 0. The molecule has 65 heavy (non-hydrogen) atoms. The standard InChI is InChI=1S/C45H68INO18/c1-19(16-48)5-6-23(50)20(2)46-29(53)15-45-43(46,4)11-9-28-42(3)10-8-22(13-21(42)7-12-44(28,45)47-45)59-41-36(64-38-25(52)14-24(51)31(54)37(57)65-38)32(55)34(26(17-49)60-41)62-40-33(56)35-30-27(61-40)18-58-39(30)63-35/h7,19-20,22,24-28,30-41,47-49,51-52,54-57H,5-6,8-18H2,1-4H3/t19-,20-,22?,24?,25?,26?,27?,28?,30?,31?,32?,33?,34?,35?,36?,37?,38-,39?,40?,41?,42+,43?,44?,45?/m1/s1. The molecule has 9 N–H and O–H groups in total. The Morgan fingerprint density at radius 2 is 1.68 bits per heavy atom. The number of hydrogen-bond acceptors (Lipinski definition) is 19. The summed E-state index contributed by atoms with van der Waals surface area (Å²) in [6, 6.07) is 0. The fraction of sp³-hybridized carbons (Fsp3) is 0.911. The molecule has 0 amide bonds. The van der Waals surface area contributed by atoms with Gasteiger partial charge in [0.2, 0.25) is 0 Å². The van der Waals surface area contributed by atoms with Crippen LogP contribution in [0.15, 0.2) is 11.6 Å². The van der Waals surface area contributed by atoms with E-state index in [0.29, 0.717) is 35.9 Å². The molecule has 0 aromatic rings. The first-order valence-electron chi connectivity index (χ1n) is 23.6. The maximum absolute atomic E-state index is 14.1. The molecule has 7 saturated heterocycles. The molecule has 9 fully saturated rings. The van der Waals surface area contributed by atoms with Crippen molar-refractivity contribution >= 4 is 29.4 Å². The molecule has 24 atom stereocenters. The molecule has 368 valence electrons. The Morgan fingerprint density at radius 3 is 2.43 bits per heavy atom. The SMILES string of the molecule is C[C@@H](CO)CCC(=O)[C@@H](C)I1C(=O)CC23NC24CC=C2CC(OC5OC(CO)C(OC6OC7COC8OC(C6O)C78)C(O)C5O[C@@H]5OC(O)C(O)C(O)CC5O)CC[C@]2(C)C4CCC13C. The average molecular weight is 1040 g/mol. The van der Waals surface area contributed by atoms with E-state index in [1.165, 1.54) is 5.57 Å². The van der Waals surface area contributed by atoms with Crippen LogP contribution in [0.3, 0.4) is 0 Å². The summed E-state index contributed by atoms with van der Waals surface area (Å²) in [4.78, 5) is 27.7. The number of aliphatic hydroxyl groups excluding tert-OH is 8. The summed E-state index contributed by atoms with van der Waals surface area (Å²) in [5.74, 6) is 0.254. The quantitative estimate of drug-likeness (QED) is 0.0366. The molecule has 20 unspecified atom stereocenters. The second-order valence-corrected chi connectivity index (χ2v) is 28.2. The molecule has 7 heterocycles. The van der Waals surface area contributed by atoms with Gasteiger partial charge in [-0.2, -0.15) is 0 Å². The van der Waals surface area contributed by atoms with Crippen molar-refractivity contribution in [1.82, 2.24) is 5.32 Å². The molecule has 0 radical (unpaired) electrons. The third-order valence-electron chi connectivity index (χ3n) is 17.4. The van der Waals surface area contributed by atoms with Crippen LogP contribution in [0.5, 0.6) is 0 Å². The van der Waals surface area contributed by atoms with Gasteiger partial charge in [0, 0.05) is 6.42 Å². The number of carbonyl (C=O) groups is 2. The number of fused-ring (bicyclic) bond motifs is 2. The van der Waals surface area contributed by atoms with E-state index in [4.69, 9.17) is 37.9 Å². The third-order valence-corrected chi connectivity index (χ3v) is 25.7. The van der Waals surface area contributed by atoms with Crippen LogP contribution in [0.4, 0.5) is 0 Å². The summed E-state index contributed by atoms with van der Waals surface area (Å²) >= 11 is -2.48. The van der Waals surface area contributed by atoms with Crippen molar-refractivity contribution in [3.8, 4) is 0 Å². The second kappa shape index (κ2) is 17.5. The molecule has 19 nitrogen and oxygen atoms in total. The van der Waals surface area contributed by atoms with Gasteiger partial charge in [-0.05, 0) is 0 Å². The van der Waals surface area contributed by atoms with Crippen molar-refractivity contribution in [3.63, 3.8) is 0 Å². The Hall–Kier alpha value is -0.870. The third kappa shape index (κ3) is 7.43. The van der Waals surface area contributed by atoms with Crippen molar-refractivity contribution in [2.24, 2.45) is 23.2 Å². The van der Waals surface area contributed by atoms with Crippen LogP contribution in [0.1, 0.15) is 91.9 Å². The molecule has 7 aliphatic heterocycles. The second-order valence-electron chi connectivity index (χ2n) is 21.0. The maximum atomic E-state index is 14.1. The Kier molecular flexibility index (Phi) is 12.8. The Balaban J connectivity index is 0.866. The molecule has 0 aromatic carbocycles. The molecule has 10 aliphatic rings. The molecule has 10 rings (SSSR count). The zero-order valence-corrected chi connectivity index (χ0v) is 39.5. The molecule has 3 aliphatic carbocycles. The fourth-order valence-electron chi connectivity index (χ4n) is 13.6. The molecule has 2 saturated carbocycles. The van der Waals surface area contributed by atoms with Crippen LogP contribution in [-0.2, 0) is 47.5 Å². The number of aliphatic hydroxyl groups is 8. The van der Waals surface area contributed by atoms with Crippen molar-refractivity contribution < 1.29 is 88.3 Å². The number of Topliss-reactive ketones (excluding diaryl/α,β-unsaturated/α-hetero) is 1. The van der Waals surface area contributed by atoms with Gasteiger partial charge in [-0.25, -0.2) is 0 Å². The zero-order valence-electron chi connectivity index (χ0n) is 37.4. The van der Waals surface area contributed by atoms with Crippen LogP contribution in [0.2, 0.25) is 0 Å². The van der Waals surface area contributed by atoms with Crippen LogP contribution in [0, 0.1) is 23.2 Å². The molecular weight excluding hydrogens is 969 g/mol. The van der Waals surface area contributed by atoms with Gasteiger partial charge in [0.1, 0.15) is 30.5 Å². The van der Waals surface area contributed by atoms with Crippen molar-refractivity contribution in [3.05, 3.63) is 11.6 Å². The Bertz CT molecular complexity index is 1860. The van der Waals surface area contributed by atoms with E-state index < -0.39 is 131 Å². The number of ether oxygens (including phenoxy) is 8. The minimum absolute atomic E-state index is 0.0363. The first kappa shape index (κ1) is 47.8. The van der Waals surface area contributed by atoms with Crippen LogP contribution >= 0.6 is 19.8 Å². The molecule has 2 spiro atoms. The van der Waals surface area contributed by atoms with E-state index in [1.807, 2.05) is 13.8 Å². The monoisotopic (exact) mass is 1040 g/mol. The van der Waals surface area contributed by atoms with Gasteiger partial charge in [0.15, 0.2) is 25.2 Å². The normalized spacial score (nSPS) is 53.6. The number of alkyl halides is 2. The predicted molar refractivity (Wildman–Crippen MR) is 231 cm³/mol. The number of nitrogens with one attached hydrogen (secondary N) is 1. The minimum atomic E-state index is -2.48. The Morgan fingerprint density at radius 1 is 0.908 bits per heavy atom. The number of rotatable bonds is 13. The summed E-state index contributed by atoms with van der Waals surface area (Å²) in [5, 5.41) is 89.8. The molecule has 0 aromatic heterocycles. The first-order chi connectivity index (χ1) is 30.9. The van der Waals surface area contributed by atoms with Gasteiger partial charge in [-0.15, -0.1) is 0 Å². The summed E-state index contributed by atoms with van der Waals surface area (Å²) in [6.45, 7) is 8.13.